The van der Waals surface area contributed by atoms with Gasteiger partial charge in [-0.1, -0.05) is 55.3 Å². The predicted molar refractivity (Wildman–Crippen MR) is 109 cm³/mol. The molecule has 4 heteroatoms. The molecule has 0 atom stereocenters. The van der Waals surface area contributed by atoms with E-state index in [0.717, 1.165) is 29.7 Å². The second-order valence-corrected chi connectivity index (χ2v) is 6.38. The zero-order chi connectivity index (χ0) is 19.1. The van der Waals surface area contributed by atoms with E-state index in [1.165, 1.54) is 5.56 Å². The Kier molecular flexibility index (Phi) is 6.21. The van der Waals surface area contributed by atoms with Crippen molar-refractivity contribution in [1.29, 1.82) is 0 Å². The molecule has 0 fully saturated rings. The van der Waals surface area contributed by atoms with Crippen LogP contribution in [0.5, 0.6) is 5.75 Å². The minimum atomic E-state index is -0.443. The van der Waals surface area contributed by atoms with Gasteiger partial charge in [0.15, 0.2) is 5.70 Å². The van der Waals surface area contributed by atoms with Gasteiger partial charge in [-0.15, -0.1) is 0 Å². The summed E-state index contributed by atoms with van der Waals surface area (Å²) in [6.45, 7) is 4.88. The van der Waals surface area contributed by atoms with E-state index in [0.29, 0.717) is 18.2 Å². The van der Waals surface area contributed by atoms with Crippen LogP contribution >= 0.6 is 0 Å². The van der Waals surface area contributed by atoms with Gasteiger partial charge in [-0.3, -0.25) is 0 Å². The zero-order valence-corrected chi connectivity index (χ0v) is 15.6. The molecule has 1 aliphatic heterocycles. The summed E-state index contributed by atoms with van der Waals surface area (Å²) >= 11 is 0. The summed E-state index contributed by atoms with van der Waals surface area (Å²) in [7, 11) is 0. The number of carbonyl (C=O) groups is 1. The van der Waals surface area contributed by atoms with Crippen LogP contribution in [0.3, 0.4) is 0 Å². The highest BCUT2D eigenvalue weighted by Gasteiger charge is 2.21. The van der Waals surface area contributed by atoms with Crippen LogP contribution in [0.1, 0.15) is 36.5 Å². The number of aryl methyl sites for hydroxylation is 1. The Morgan fingerprint density at radius 2 is 1.70 bits per heavy atom. The molecule has 0 aliphatic carbocycles. The van der Waals surface area contributed by atoms with E-state index in [2.05, 4.69) is 11.9 Å². The van der Waals surface area contributed by atoms with Crippen LogP contribution in [0.15, 0.2) is 65.3 Å². The maximum Gasteiger partial charge on any atom is 0.363 e. The van der Waals surface area contributed by atoms with Crippen molar-refractivity contribution in [2.45, 2.75) is 26.7 Å². The van der Waals surface area contributed by atoms with Crippen molar-refractivity contribution in [3.05, 3.63) is 77.0 Å². The third-order valence-corrected chi connectivity index (χ3v) is 4.08. The van der Waals surface area contributed by atoms with Crippen molar-refractivity contribution in [2.24, 2.45) is 4.99 Å². The number of aliphatic imine (C=N–C) groups is 1. The fraction of sp³-hybridized carbons (Fsp3) is 0.217. The quantitative estimate of drug-likeness (QED) is 0.388. The summed E-state index contributed by atoms with van der Waals surface area (Å²) < 4.78 is 10.9. The Morgan fingerprint density at radius 3 is 2.41 bits per heavy atom. The lowest BCUT2D eigenvalue weighted by Crippen LogP contribution is -2.01. The van der Waals surface area contributed by atoms with Crippen molar-refractivity contribution in [3.8, 4) is 5.75 Å². The molecule has 0 amide bonds. The molecule has 0 N–H and O–H groups in total. The van der Waals surface area contributed by atoms with Crippen LogP contribution < -0.4 is 4.74 Å². The molecule has 0 bridgehead atoms. The number of rotatable bonds is 7. The molecule has 27 heavy (non-hydrogen) atoms. The first-order valence-corrected chi connectivity index (χ1v) is 9.14. The summed E-state index contributed by atoms with van der Waals surface area (Å²) in [5, 5.41) is 0. The first-order chi connectivity index (χ1) is 13.1. The Balaban J connectivity index is 1.67. The highest BCUT2D eigenvalue weighted by atomic mass is 16.6. The first-order valence-electron chi connectivity index (χ1n) is 9.14. The summed E-state index contributed by atoms with van der Waals surface area (Å²) in [4.78, 5) is 16.3. The van der Waals surface area contributed by atoms with Crippen LogP contribution in [-0.2, 0) is 9.53 Å². The highest BCUT2D eigenvalue weighted by Crippen LogP contribution is 2.19. The number of cyclic esters (lactones) is 1. The lowest BCUT2D eigenvalue weighted by molar-refractivity contribution is -0.129. The van der Waals surface area contributed by atoms with Crippen molar-refractivity contribution in [2.75, 3.05) is 6.61 Å². The van der Waals surface area contributed by atoms with Crippen molar-refractivity contribution >= 4 is 24.0 Å². The minimum Gasteiger partial charge on any atom is -0.494 e. The standard InChI is InChI=1S/C23H23NO3/c1-3-4-15-26-20-12-9-19(10-13-20)16-21-23(25)27-22(24-21)14-11-18-7-5-17(2)6-8-18/h5-14,16H,3-4,15H2,1-2H3/b14-11+,21-16-. The Labute approximate surface area is 159 Å². The maximum atomic E-state index is 12.0. The number of carbonyl (C=O) groups excluding carboxylic acids is 1. The second kappa shape index (κ2) is 8.99. The van der Waals surface area contributed by atoms with E-state index >= 15 is 0 Å². The Hall–Kier alpha value is -3.14. The summed E-state index contributed by atoms with van der Waals surface area (Å²) in [6, 6.07) is 15.7. The van der Waals surface area contributed by atoms with Crippen molar-refractivity contribution < 1.29 is 14.3 Å². The highest BCUT2D eigenvalue weighted by molar-refractivity contribution is 6.11. The molecule has 0 saturated heterocycles. The number of hydrogen-bond acceptors (Lipinski definition) is 4. The maximum absolute atomic E-state index is 12.0. The zero-order valence-electron chi connectivity index (χ0n) is 15.6. The van der Waals surface area contributed by atoms with Crippen LogP contribution in [-0.4, -0.2) is 18.5 Å². The molecule has 0 aromatic heterocycles. The van der Waals surface area contributed by atoms with E-state index in [-0.39, 0.29) is 0 Å². The van der Waals surface area contributed by atoms with Gasteiger partial charge in [-0.2, -0.15) is 0 Å². The summed E-state index contributed by atoms with van der Waals surface area (Å²) in [6.07, 6.45) is 7.42. The average Bonchev–Trinajstić information content (AvgIpc) is 3.02. The number of esters is 1. The van der Waals surface area contributed by atoms with Gasteiger partial charge in [0.05, 0.1) is 6.61 Å². The fourth-order valence-electron chi connectivity index (χ4n) is 2.49. The Morgan fingerprint density at radius 1 is 1.00 bits per heavy atom. The van der Waals surface area contributed by atoms with Crippen LogP contribution in [0.2, 0.25) is 0 Å². The first kappa shape index (κ1) is 18.6. The average molecular weight is 361 g/mol. The van der Waals surface area contributed by atoms with Gasteiger partial charge in [0, 0.05) is 6.08 Å². The number of unbranched alkanes of at least 4 members (excludes halogenated alkanes) is 1. The molecule has 0 radical (unpaired) electrons. The normalized spacial score (nSPS) is 15.3. The molecule has 0 saturated carbocycles. The lowest BCUT2D eigenvalue weighted by Gasteiger charge is -2.05. The third kappa shape index (κ3) is 5.42. The van der Waals surface area contributed by atoms with Gasteiger partial charge >= 0.3 is 5.97 Å². The number of ether oxygens (including phenoxy) is 2. The molecule has 1 aliphatic rings. The van der Waals surface area contributed by atoms with Gasteiger partial charge in [-0.05, 0) is 48.8 Å². The number of benzene rings is 2. The van der Waals surface area contributed by atoms with E-state index in [4.69, 9.17) is 9.47 Å². The third-order valence-electron chi connectivity index (χ3n) is 4.08. The minimum absolute atomic E-state index is 0.290. The molecule has 0 unspecified atom stereocenters. The van der Waals surface area contributed by atoms with Gasteiger partial charge in [0.25, 0.3) is 0 Å². The summed E-state index contributed by atoms with van der Waals surface area (Å²) in [5.74, 6) is 0.679. The Bertz CT molecular complexity index is 875. The van der Waals surface area contributed by atoms with E-state index < -0.39 is 5.97 Å². The molecular weight excluding hydrogens is 338 g/mol. The van der Waals surface area contributed by atoms with Crippen LogP contribution in [0, 0.1) is 6.92 Å². The molecule has 3 rings (SSSR count). The van der Waals surface area contributed by atoms with Gasteiger partial charge in [-0.25, -0.2) is 9.79 Å². The van der Waals surface area contributed by atoms with Crippen molar-refractivity contribution in [1.82, 2.24) is 0 Å². The van der Waals surface area contributed by atoms with Gasteiger partial charge in [0.1, 0.15) is 5.75 Å². The SMILES string of the molecule is CCCCOc1ccc(/C=C2N=C(/C=C/c3ccc(C)cc3)OC\2=O)cc1. The second-order valence-electron chi connectivity index (χ2n) is 6.38. The molecule has 138 valence electrons. The lowest BCUT2D eigenvalue weighted by atomic mass is 10.1. The molecule has 1 heterocycles. The number of nitrogens with zero attached hydrogens (tertiary/aromatic N) is 1. The van der Waals surface area contributed by atoms with Gasteiger partial charge < -0.3 is 9.47 Å². The van der Waals surface area contributed by atoms with E-state index in [9.17, 15) is 4.79 Å². The summed E-state index contributed by atoms with van der Waals surface area (Å²) in [5.41, 5.74) is 3.38. The molecule has 4 nitrogen and oxygen atoms in total. The van der Waals surface area contributed by atoms with Crippen molar-refractivity contribution in [3.63, 3.8) is 0 Å². The van der Waals surface area contributed by atoms with Crippen LogP contribution in [0.4, 0.5) is 0 Å². The monoisotopic (exact) mass is 361 g/mol. The van der Waals surface area contributed by atoms with Gasteiger partial charge in [0.2, 0.25) is 5.90 Å². The molecule has 0 spiro atoms. The largest absolute Gasteiger partial charge is 0.494 e. The number of hydrogen-bond donors (Lipinski definition) is 0. The van der Waals surface area contributed by atoms with Crippen LogP contribution in [0.25, 0.3) is 12.2 Å². The molecule has 2 aromatic rings. The molecule has 2 aromatic carbocycles. The fourth-order valence-corrected chi connectivity index (χ4v) is 2.49. The topological polar surface area (TPSA) is 47.9 Å². The molecular formula is C23H23NO3. The smallest absolute Gasteiger partial charge is 0.363 e. The van der Waals surface area contributed by atoms with E-state index in [1.807, 2.05) is 61.5 Å². The predicted octanol–water partition coefficient (Wildman–Crippen LogP) is 5.18. The van der Waals surface area contributed by atoms with E-state index in [1.54, 1.807) is 12.2 Å².